The molecule has 1 aromatic carbocycles. The largest absolute Gasteiger partial charge is 0.496 e. The number of allylic oxidation sites excluding steroid dienone is 1. The van der Waals surface area contributed by atoms with Gasteiger partial charge in [0.2, 0.25) is 0 Å². The van der Waals surface area contributed by atoms with E-state index in [0.717, 1.165) is 12.0 Å². The molecule has 1 saturated heterocycles. The van der Waals surface area contributed by atoms with Crippen LogP contribution in [0.4, 0.5) is 4.79 Å². The van der Waals surface area contributed by atoms with Crippen molar-refractivity contribution >= 4 is 6.09 Å². The second-order valence-electron chi connectivity index (χ2n) is 5.92. The Bertz CT molecular complexity index is 546. The van der Waals surface area contributed by atoms with E-state index < -0.39 is 0 Å². The van der Waals surface area contributed by atoms with Crippen molar-refractivity contribution in [3.8, 4) is 11.5 Å². The molecular formula is C18H25NO4. The Morgan fingerprint density at radius 3 is 2.48 bits per heavy atom. The molecule has 0 spiro atoms. The summed E-state index contributed by atoms with van der Waals surface area (Å²) >= 11 is 0. The van der Waals surface area contributed by atoms with Gasteiger partial charge in [-0.15, -0.1) is 0 Å². The number of carbonyl (C=O) groups is 1. The summed E-state index contributed by atoms with van der Waals surface area (Å²) in [6, 6.07) is 5.39. The Balaban J connectivity index is 2.24. The molecule has 1 atom stereocenters. The average molecular weight is 319 g/mol. The van der Waals surface area contributed by atoms with Gasteiger partial charge in [0.05, 0.1) is 19.8 Å². The van der Waals surface area contributed by atoms with Gasteiger partial charge in [0, 0.05) is 6.54 Å². The van der Waals surface area contributed by atoms with E-state index in [1.54, 1.807) is 19.1 Å². The van der Waals surface area contributed by atoms with Crippen LogP contribution in [-0.2, 0) is 4.74 Å². The van der Waals surface area contributed by atoms with Gasteiger partial charge in [0.15, 0.2) is 0 Å². The Morgan fingerprint density at radius 1 is 1.26 bits per heavy atom. The van der Waals surface area contributed by atoms with Crippen molar-refractivity contribution in [3.63, 3.8) is 0 Å². The molecule has 1 aliphatic heterocycles. The van der Waals surface area contributed by atoms with Gasteiger partial charge in [-0.3, -0.25) is 4.90 Å². The summed E-state index contributed by atoms with van der Waals surface area (Å²) in [7, 11) is 3.23. The monoisotopic (exact) mass is 319 g/mol. The topological polar surface area (TPSA) is 48.0 Å². The standard InChI is InChI=1S/C18H25NO4/c1-13(2)8-5-6-11-19-14(12-23-18(19)20)17-15(21-3)9-7-10-16(17)22-4/h5-7,9-10,13-14H,8,11-12H2,1-4H3/t14-/m0/s1. The van der Waals surface area contributed by atoms with Crippen molar-refractivity contribution in [2.24, 2.45) is 5.92 Å². The SMILES string of the molecule is COc1cccc(OC)c1[C@@H]1COC(=O)N1CC=CCC(C)C. The average Bonchev–Trinajstić information content (AvgIpc) is 2.91. The van der Waals surface area contributed by atoms with E-state index in [1.165, 1.54) is 0 Å². The van der Waals surface area contributed by atoms with Crippen LogP contribution in [0.15, 0.2) is 30.4 Å². The van der Waals surface area contributed by atoms with Crippen LogP contribution < -0.4 is 9.47 Å². The number of hydrogen-bond donors (Lipinski definition) is 0. The van der Waals surface area contributed by atoms with Gasteiger partial charge in [0.25, 0.3) is 0 Å². The van der Waals surface area contributed by atoms with E-state index in [9.17, 15) is 4.79 Å². The normalized spacial score (nSPS) is 17.9. The predicted octanol–water partition coefficient (Wildman–Crippen LogP) is 3.80. The highest BCUT2D eigenvalue weighted by Gasteiger charge is 2.36. The summed E-state index contributed by atoms with van der Waals surface area (Å²) in [6.07, 6.45) is 4.80. The van der Waals surface area contributed by atoms with Gasteiger partial charge in [-0.05, 0) is 24.5 Å². The van der Waals surface area contributed by atoms with Crippen molar-refractivity contribution in [3.05, 3.63) is 35.9 Å². The van der Waals surface area contributed by atoms with Gasteiger partial charge in [-0.1, -0.05) is 32.1 Å². The molecule has 0 saturated carbocycles. The minimum Gasteiger partial charge on any atom is -0.496 e. The number of benzene rings is 1. The lowest BCUT2D eigenvalue weighted by Gasteiger charge is -2.23. The molecule has 5 heteroatoms. The first-order chi connectivity index (χ1) is 11.1. The third kappa shape index (κ3) is 3.97. The lowest BCUT2D eigenvalue weighted by Crippen LogP contribution is -2.28. The molecule has 23 heavy (non-hydrogen) atoms. The van der Waals surface area contributed by atoms with Crippen LogP contribution in [0.3, 0.4) is 0 Å². The van der Waals surface area contributed by atoms with Crippen LogP contribution in [0.1, 0.15) is 31.9 Å². The van der Waals surface area contributed by atoms with E-state index in [-0.39, 0.29) is 12.1 Å². The van der Waals surface area contributed by atoms with Crippen molar-refractivity contribution in [2.75, 3.05) is 27.4 Å². The molecule has 2 rings (SSSR count). The molecule has 0 aliphatic carbocycles. The van der Waals surface area contributed by atoms with Crippen molar-refractivity contribution in [1.82, 2.24) is 4.90 Å². The summed E-state index contributed by atoms with van der Waals surface area (Å²) in [6.45, 7) is 5.14. The van der Waals surface area contributed by atoms with Crippen molar-refractivity contribution in [2.45, 2.75) is 26.3 Å². The maximum Gasteiger partial charge on any atom is 0.410 e. The Labute approximate surface area is 137 Å². The summed E-state index contributed by atoms with van der Waals surface area (Å²) in [5.74, 6) is 1.99. The van der Waals surface area contributed by atoms with Gasteiger partial charge in [-0.2, -0.15) is 0 Å². The Morgan fingerprint density at radius 2 is 1.91 bits per heavy atom. The third-order valence-electron chi connectivity index (χ3n) is 3.85. The van der Waals surface area contributed by atoms with E-state index in [1.807, 2.05) is 24.3 Å². The van der Waals surface area contributed by atoms with Gasteiger partial charge in [-0.25, -0.2) is 4.79 Å². The van der Waals surface area contributed by atoms with Crippen LogP contribution >= 0.6 is 0 Å². The highest BCUT2D eigenvalue weighted by Crippen LogP contribution is 2.39. The van der Waals surface area contributed by atoms with Crippen LogP contribution in [-0.4, -0.2) is 38.4 Å². The van der Waals surface area contributed by atoms with Gasteiger partial charge < -0.3 is 14.2 Å². The molecule has 5 nitrogen and oxygen atoms in total. The second-order valence-corrected chi connectivity index (χ2v) is 5.92. The number of carbonyl (C=O) groups excluding carboxylic acids is 1. The molecule has 1 amide bonds. The molecular weight excluding hydrogens is 294 g/mol. The zero-order valence-corrected chi connectivity index (χ0v) is 14.2. The van der Waals surface area contributed by atoms with Crippen LogP contribution in [0, 0.1) is 5.92 Å². The molecule has 1 fully saturated rings. The zero-order chi connectivity index (χ0) is 16.8. The number of ether oxygens (including phenoxy) is 3. The molecule has 0 aromatic heterocycles. The molecule has 1 heterocycles. The van der Waals surface area contributed by atoms with Crippen molar-refractivity contribution < 1.29 is 19.0 Å². The highest BCUT2D eigenvalue weighted by molar-refractivity contribution is 5.71. The van der Waals surface area contributed by atoms with Crippen LogP contribution in [0.2, 0.25) is 0 Å². The second kappa shape index (κ2) is 7.90. The lowest BCUT2D eigenvalue weighted by atomic mass is 10.0. The maximum absolute atomic E-state index is 12.1. The number of nitrogens with zero attached hydrogens (tertiary/aromatic N) is 1. The number of rotatable bonds is 7. The number of hydrogen-bond acceptors (Lipinski definition) is 4. The fraction of sp³-hybridized carbons (Fsp3) is 0.500. The molecule has 126 valence electrons. The molecule has 0 bridgehead atoms. The van der Waals surface area contributed by atoms with E-state index >= 15 is 0 Å². The molecule has 1 aliphatic rings. The first-order valence-corrected chi connectivity index (χ1v) is 7.87. The number of amides is 1. The van der Waals surface area contributed by atoms with Crippen LogP contribution in [0.25, 0.3) is 0 Å². The summed E-state index contributed by atoms with van der Waals surface area (Å²) in [5.41, 5.74) is 0.848. The van der Waals surface area contributed by atoms with Crippen LogP contribution in [0.5, 0.6) is 11.5 Å². The highest BCUT2D eigenvalue weighted by atomic mass is 16.6. The number of methoxy groups -OCH3 is 2. The Kier molecular flexibility index (Phi) is 5.90. The first kappa shape index (κ1) is 17.2. The lowest BCUT2D eigenvalue weighted by molar-refractivity contribution is 0.160. The summed E-state index contributed by atoms with van der Waals surface area (Å²) in [5, 5.41) is 0. The predicted molar refractivity (Wildman–Crippen MR) is 88.9 cm³/mol. The quantitative estimate of drug-likeness (QED) is 0.717. The molecule has 0 N–H and O–H groups in total. The third-order valence-corrected chi connectivity index (χ3v) is 3.85. The van der Waals surface area contributed by atoms with E-state index in [0.29, 0.717) is 30.6 Å². The molecule has 0 radical (unpaired) electrons. The first-order valence-electron chi connectivity index (χ1n) is 7.87. The fourth-order valence-electron chi connectivity index (χ4n) is 2.66. The van der Waals surface area contributed by atoms with Gasteiger partial charge >= 0.3 is 6.09 Å². The zero-order valence-electron chi connectivity index (χ0n) is 14.2. The van der Waals surface area contributed by atoms with E-state index in [4.69, 9.17) is 14.2 Å². The summed E-state index contributed by atoms with van der Waals surface area (Å²) < 4.78 is 16.2. The minimum absolute atomic E-state index is 0.211. The fourth-order valence-corrected chi connectivity index (χ4v) is 2.66. The molecule has 1 aromatic rings. The maximum atomic E-state index is 12.1. The number of cyclic esters (lactones) is 1. The van der Waals surface area contributed by atoms with Gasteiger partial charge in [0.1, 0.15) is 24.1 Å². The Hall–Kier alpha value is -2.17. The smallest absolute Gasteiger partial charge is 0.410 e. The molecule has 0 unspecified atom stereocenters. The van der Waals surface area contributed by atoms with E-state index in [2.05, 4.69) is 19.9 Å². The van der Waals surface area contributed by atoms with Crippen molar-refractivity contribution in [1.29, 1.82) is 0 Å². The minimum atomic E-state index is -0.308. The summed E-state index contributed by atoms with van der Waals surface area (Å²) in [4.78, 5) is 13.8.